The van der Waals surface area contributed by atoms with Gasteiger partial charge < -0.3 is 10.2 Å². The Morgan fingerprint density at radius 2 is 1.91 bits per heavy atom. The highest BCUT2D eigenvalue weighted by Gasteiger charge is 2.24. The molecular formula is C16H26N4O2S. The molecule has 7 heteroatoms. The second-order valence-electron chi connectivity index (χ2n) is 6.82. The normalized spacial score (nSPS) is 22.0. The summed E-state index contributed by atoms with van der Waals surface area (Å²) < 4.78 is 0. The van der Waals surface area contributed by atoms with Crippen LogP contribution in [0.1, 0.15) is 35.6 Å². The van der Waals surface area contributed by atoms with Crippen molar-refractivity contribution in [3.05, 3.63) is 10.6 Å². The van der Waals surface area contributed by atoms with E-state index in [9.17, 15) is 9.59 Å². The van der Waals surface area contributed by atoms with Gasteiger partial charge in [-0.15, -0.1) is 0 Å². The first-order valence-electron chi connectivity index (χ1n) is 7.97. The first-order valence-corrected chi connectivity index (χ1v) is 8.79. The van der Waals surface area contributed by atoms with E-state index in [1.807, 2.05) is 0 Å². The third-order valence-corrected chi connectivity index (χ3v) is 5.02. The molecule has 1 aromatic heterocycles. The molecule has 0 aliphatic carbocycles. The molecule has 2 rings (SSSR count). The molecule has 1 aliphatic rings. The van der Waals surface area contributed by atoms with E-state index in [0.29, 0.717) is 34.1 Å². The summed E-state index contributed by atoms with van der Waals surface area (Å²) in [4.78, 5) is 32.8. The maximum atomic E-state index is 12.2. The number of hydrogen-bond acceptors (Lipinski definition) is 5. The number of amides is 2. The molecular weight excluding hydrogens is 312 g/mol. The van der Waals surface area contributed by atoms with Gasteiger partial charge in [0, 0.05) is 27.2 Å². The van der Waals surface area contributed by atoms with Crippen molar-refractivity contribution in [2.45, 2.75) is 27.2 Å². The van der Waals surface area contributed by atoms with Crippen molar-refractivity contribution < 1.29 is 9.59 Å². The molecule has 0 radical (unpaired) electrons. The minimum atomic E-state index is -0.0841. The van der Waals surface area contributed by atoms with Crippen LogP contribution in [-0.4, -0.2) is 60.3 Å². The summed E-state index contributed by atoms with van der Waals surface area (Å²) in [5.74, 6) is 1.10. The summed E-state index contributed by atoms with van der Waals surface area (Å²) in [6.07, 6.45) is 1.22. The minimum absolute atomic E-state index is 0.0658. The highest BCUT2D eigenvalue weighted by atomic mass is 32.1. The van der Waals surface area contributed by atoms with Crippen LogP contribution in [-0.2, 0) is 4.79 Å². The van der Waals surface area contributed by atoms with Crippen LogP contribution < -0.4 is 5.32 Å². The van der Waals surface area contributed by atoms with E-state index in [1.54, 1.807) is 21.0 Å². The molecule has 1 fully saturated rings. The lowest BCUT2D eigenvalue weighted by atomic mass is 9.92. The smallest absolute Gasteiger partial charge is 0.265 e. The Labute approximate surface area is 141 Å². The monoisotopic (exact) mass is 338 g/mol. The van der Waals surface area contributed by atoms with Crippen molar-refractivity contribution >= 4 is 28.3 Å². The molecule has 0 unspecified atom stereocenters. The first kappa shape index (κ1) is 17.9. The highest BCUT2D eigenvalue weighted by molar-refractivity contribution is 7.17. The number of aryl methyl sites for hydroxylation is 1. The van der Waals surface area contributed by atoms with Crippen LogP contribution >= 0.6 is 11.3 Å². The number of aromatic nitrogens is 1. The molecule has 6 nitrogen and oxygen atoms in total. The Kier molecular flexibility index (Phi) is 5.75. The summed E-state index contributed by atoms with van der Waals surface area (Å²) in [7, 11) is 3.41. The maximum absolute atomic E-state index is 12.2. The van der Waals surface area contributed by atoms with Crippen LogP contribution in [0.2, 0.25) is 0 Å². The molecule has 1 saturated heterocycles. The number of carbonyl (C=O) groups is 2. The van der Waals surface area contributed by atoms with Gasteiger partial charge in [-0.25, -0.2) is 4.98 Å². The molecule has 0 saturated carbocycles. The average Bonchev–Trinajstić information content (AvgIpc) is 2.76. The van der Waals surface area contributed by atoms with E-state index in [-0.39, 0.29) is 11.8 Å². The van der Waals surface area contributed by atoms with Crippen LogP contribution in [0.5, 0.6) is 0 Å². The zero-order chi connectivity index (χ0) is 17.1. The molecule has 2 atom stereocenters. The Hall–Kier alpha value is -1.47. The number of carbonyl (C=O) groups excluding carboxylic acids is 2. The van der Waals surface area contributed by atoms with Crippen molar-refractivity contribution in [3.63, 3.8) is 0 Å². The van der Waals surface area contributed by atoms with Gasteiger partial charge in [0.25, 0.3) is 5.91 Å². The second kappa shape index (κ2) is 7.40. The van der Waals surface area contributed by atoms with Crippen LogP contribution in [0.4, 0.5) is 5.13 Å². The zero-order valence-electron chi connectivity index (χ0n) is 14.5. The Morgan fingerprint density at radius 1 is 1.30 bits per heavy atom. The van der Waals surface area contributed by atoms with Crippen molar-refractivity contribution in [2.24, 2.45) is 11.8 Å². The van der Waals surface area contributed by atoms with Crippen LogP contribution in [0, 0.1) is 18.8 Å². The quantitative estimate of drug-likeness (QED) is 0.913. The molecule has 1 N–H and O–H groups in total. The molecule has 2 amide bonds. The predicted molar refractivity (Wildman–Crippen MR) is 92.9 cm³/mol. The number of nitrogens with one attached hydrogen (secondary N) is 1. The summed E-state index contributed by atoms with van der Waals surface area (Å²) in [5.41, 5.74) is 0.657. The Bertz CT molecular complexity index is 575. The fourth-order valence-electron chi connectivity index (χ4n) is 3.13. The van der Waals surface area contributed by atoms with Gasteiger partial charge in [-0.3, -0.25) is 14.5 Å². The van der Waals surface area contributed by atoms with Crippen molar-refractivity contribution in [1.82, 2.24) is 14.8 Å². The van der Waals surface area contributed by atoms with Gasteiger partial charge in [-0.05, 0) is 25.2 Å². The number of likely N-dealkylation sites (tertiary alicyclic amines) is 1. The third kappa shape index (κ3) is 4.75. The number of nitrogens with zero attached hydrogens (tertiary/aromatic N) is 3. The number of piperidine rings is 1. The van der Waals surface area contributed by atoms with Gasteiger partial charge in [0.2, 0.25) is 5.91 Å². The van der Waals surface area contributed by atoms with Crippen LogP contribution in [0.25, 0.3) is 0 Å². The number of thiazole rings is 1. The molecule has 1 aliphatic heterocycles. The standard InChI is InChI=1S/C16H26N4O2S/c1-10-6-11(2)8-20(7-10)9-13(21)18-16-17-12(3)14(23-16)15(22)19(4)5/h10-11H,6-9H2,1-5H3,(H,17,18,21)/t10-,11-/m0/s1. The first-order chi connectivity index (χ1) is 10.8. The van der Waals surface area contributed by atoms with Crippen molar-refractivity contribution in [1.29, 1.82) is 0 Å². The molecule has 1 aromatic rings. The van der Waals surface area contributed by atoms with Gasteiger partial charge in [0.15, 0.2) is 5.13 Å². The van der Waals surface area contributed by atoms with Gasteiger partial charge in [0.1, 0.15) is 4.88 Å². The lowest BCUT2D eigenvalue weighted by Crippen LogP contribution is -2.42. The van der Waals surface area contributed by atoms with Gasteiger partial charge in [-0.2, -0.15) is 0 Å². The predicted octanol–water partition coefficient (Wildman–Crippen LogP) is 2.07. The van der Waals surface area contributed by atoms with E-state index in [0.717, 1.165) is 13.1 Å². The fourth-order valence-corrected chi connectivity index (χ4v) is 4.14. The SMILES string of the molecule is Cc1nc(NC(=O)CN2C[C@@H](C)C[C@H](C)C2)sc1C(=O)N(C)C. The zero-order valence-corrected chi connectivity index (χ0v) is 15.4. The molecule has 0 aromatic carbocycles. The lowest BCUT2D eigenvalue weighted by Gasteiger charge is -2.34. The van der Waals surface area contributed by atoms with E-state index in [2.05, 4.69) is 29.0 Å². The summed E-state index contributed by atoms with van der Waals surface area (Å²) in [6.45, 7) is 8.53. The summed E-state index contributed by atoms with van der Waals surface area (Å²) in [5, 5.41) is 3.33. The molecule has 0 bridgehead atoms. The number of rotatable bonds is 4. The lowest BCUT2D eigenvalue weighted by molar-refractivity contribution is -0.117. The van der Waals surface area contributed by atoms with Gasteiger partial charge >= 0.3 is 0 Å². The van der Waals surface area contributed by atoms with Crippen molar-refractivity contribution in [3.8, 4) is 0 Å². The summed E-state index contributed by atoms with van der Waals surface area (Å²) in [6, 6.07) is 0. The van der Waals surface area contributed by atoms with Crippen LogP contribution in [0.15, 0.2) is 0 Å². The number of anilines is 1. The van der Waals surface area contributed by atoms with E-state index < -0.39 is 0 Å². The Morgan fingerprint density at radius 3 is 2.48 bits per heavy atom. The average molecular weight is 338 g/mol. The van der Waals surface area contributed by atoms with Gasteiger partial charge in [0.05, 0.1) is 12.2 Å². The topological polar surface area (TPSA) is 65.5 Å². The second-order valence-corrected chi connectivity index (χ2v) is 7.82. The van der Waals surface area contributed by atoms with Crippen LogP contribution in [0.3, 0.4) is 0 Å². The van der Waals surface area contributed by atoms with Gasteiger partial charge in [-0.1, -0.05) is 25.2 Å². The number of hydrogen-bond donors (Lipinski definition) is 1. The molecule has 0 spiro atoms. The molecule has 128 valence electrons. The van der Waals surface area contributed by atoms with E-state index in [1.165, 1.54) is 22.7 Å². The summed E-state index contributed by atoms with van der Waals surface area (Å²) >= 11 is 1.23. The van der Waals surface area contributed by atoms with E-state index >= 15 is 0 Å². The van der Waals surface area contributed by atoms with E-state index in [4.69, 9.17) is 0 Å². The Balaban J connectivity index is 1.95. The largest absolute Gasteiger partial charge is 0.344 e. The highest BCUT2D eigenvalue weighted by Crippen LogP contribution is 2.24. The van der Waals surface area contributed by atoms with Crippen molar-refractivity contribution in [2.75, 3.05) is 39.0 Å². The maximum Gasteiger partial charge on any atom is 0.265 e. The third-order valence-electron chi connectivity index (χ3n) is 3.96. The molecule has 2 heterocycles. The molecule has 23 heavy (non-hydrogen) atoms. The fraction of sp³-hybridized carbons (Fsp3) is 0.688. The minimum Gasteiger partial charge on any atom is -0.344 e.